The molecule has 2 aromatic carbocycles. The fourth-order valence-corrected chi connectivity index (χ4v) is 4.74. The maximum atomic E-state index is 13.0. The molecule has 1 fully saturated rings. The molecule has 0 unspecified atom stereocenters. The second kappa shape index (κ2) is 10.2. The van der Waals surface area contributed by atoms with Gasteiger partial charge in [-0.3, -0.25) is 4.79 Å². The molecule has 1 aromatic heterocycles. The SMILES string of the molecule is COc1ccc(N2CCC(NC(=O)c3cccnc3Sc3ccc(Br)cc3)CC2)cc1. The highest BCUT2D eigenvalue weighted by Crippen LogP contribution is 2.30. The molecule has 0 bridgehead atoms. The number of rotatable bonds is 6. The normalized spacial score (nSPS) is 14.3. The van der Waals surface area contributed by atoms with Crippen molar-refractivity contribution in [3.8, 4) is 5.75 Å². The van der Waals surface area contributed by atoms with Gasteiger partial charge in [-0.05, 0) is 73.5 Å². The van der Waals surface area contributed by atoms with Gasteiger partial charge in [-0.2, -0.15) is 0 Å². The number of aromatic nitrogens is 1. The second-order valence-corrected chi connectivity index (χ2v) is 9.32. The van der Waals surface area contributed by atoms with Gasteiger partial charge in [0.15, 0.2) is 0 Å². The van der Waals surface area contributed by atoms with Gasteiger partial charge in [0.2, 0.25) is 0 Å². The summed E-state index contributed by atoms with van der Waals surface area (Å²) in [5.41, 5.74) is 1.80. The number of carbonyl (C=O) groups is 1. The van der Waals surface area contributed by atoms with Crippen LogP contribution in [0.1, 0.15) is 23.2 Å². The number of benzene rings is 2. The van der Waals surface area contributed by atoms with Crippen LogP contribution in [0.5, 0.6) is 5.75 Å². The largest absolute Gasteiger partial charge is 0.497 e. The van der Waals surface area contributed by atoms with Crippen LogP contribution in [-0.4, -0.2) is 37.1 Å². The average Bonchev–Trinajstić information content (AvgIpc) is 2.81. The van der Waals surface area contributed by atoms with Gasteiger partial charge in [-0.1, -0.05) is 27.7 Å². The Hall–Kier alpha value is -2.51. The molecule has 160 valence electrons. The zero-order valence-corrected chi connectivity index (χ0v) is 19.7. The summed E-state index contributed by atoms with van der Waals surface area (Å²) in [6.45, 7) is 1.82. The lowest BCUT2D eigenvalue weighted by molar-refractivity contribution is 0.0927. The molecule has 5 nitrogen and oxygen atoms in total. The van der Waals surface area contributed by atoms with Gasteiger partial charge < -0.3 is 15.0 Å². The third kappa shape index (κ3) is 5.60. The topological polar surface area (TPSA) is 54.5 Å². The predicted octanol–water partition coefficient (Wildman–Crippen LogP) is 5.40. The number of nitrogens with one attached hydrogen (secondary N) is 1. The van der Waals surface area contributed by atoms with Crippen molar-refractivity contribution in [1.82, 2.24) is 10.3 Å². The van der Waals surface area contributed by atoms with E-state index in [4.69, 9.17) is 4.74 Å². The van der Waals surface area contributed by atoms with Crippen LogP contribution < -0.4 is 15.0 Å². The summed E-state index contributed by atoms with van der Waals surface area (Å²) in [6, 6.07) is 19.9. The molecule has 0 radical (unpaired) electrons. The molecule has 1 aliphatic heterocycles. The minimum absolute atomic E-state index is 0.0596. The van der Waals surface area contributed by atoms with E-state index in [1.807, 2.05) is 48.5 Å². The van der Waals surface area contributed by atoms with Crippen LogP contribution in [0, 0.1) is 0 Å². The van der Waals surface area contributed by atoms with Crippen molar-refractivity contribution >= 4 is 39.3 Å². The molecule has 1 aliphatic rings. The lowest BCUT2D eigenvalue weighted by Crippen LogP contribution is -2.44. The van der Waals surface area contributed by atoms with E-state index < -0.39 is 0 Å². The van der Waals surface area contributed by atoms with Crippen molar-refractivity contribution in [3.63, 3.8) is 0 Å². The van der Waals surface area contributed by atoms with Gasteiger partial charge in [0, 0.05) is 40.4 Å². The monoisotopic (exact) mass is 497 g/mol. The van der Waals surface area contributed by atoms with Gasteiger partial charge in [0.25, 0.3) is 5.91 Å². The van der Waals surface area contributed by atoms with Crippen molar-refractivity contribution in [1.29, 1.82) is 0 Å². The van der Waals surface area contributed by atoms with Crippen molar-refractivity contribution in [2.24, 2.45) is 0 Å². The number of piperidine rings is 1. The second-order valence-electron chi connectivity index (χ2n) is 7.34. The summed E-state index contributed by atoms with van der Waals surface area (Å²) < 4.78 is 6.26. The van der Waals surface area contributed by atoms with Crippen molar-refractivity contribution in [3.05, 3.63) is 76.9 Å². The van der Waals surface area contributed by atoms with E-state index in [-0.39, 0.29) is 11.9 Å². The molecule has 1 saturated heterocycles. The Bertz CT molecular complexity index is 1020. The smallest absolute Gasteiger partial charge is 0.254 e. The van der Waals surface area contributed by atoms with Crippen LogP contribution in [0.15, 0.2) is 81.3 Å². The Kier molecular flexibility index (Phi) is 7.14. The number of nitrogens with zero attached hydrogens (tertiary/aromatic N) is 2. The molecule has 31 heavy (non-hydrogen) atoms. The predicted molar refractivity (Wildman–Crippen MR) is 128 cm³/mol. The van der Waals surface area contributed by atoms with Gasteiger partial charge in [0.1, 0.15) is 10.8 Å². The molecular weight excluding hydrogens is 474 g/mol. The average molecular weight is 498 g/mol. The Labute approximate surface area is 195 Å². The third-order valence-corrected chi connectivity index (χ3v) is 6.87. The Morgan fingerprint density at radius 3 is 2.48 bits per heavy atom. The van der Waals surface area contributed by atoms with Crippen molar-refractivity contribution in [2.45, 2.75) is 28.8 Å². The first-order valence-corrected chi connectivity index (χ1v) is 11.8. The van der Waals surface area contributed by atoms with Gasteiger partial charge >= 0.3 is 0 Å². The highest BCUT2D eigenvalue weighted by Gasteiger charge is 2.23. The van der Waals surface area contributed by atoms with E-state index in [1.54, 1.807) is 13.3 Å². The maximum Gasteiger partial charge on any atom is 0.254 e. The summed E-state index contributed by atoms with van der Waals surface area (Å²) >= 11 is 4.95. The Morgan fingerprint density at radius 2 is 1.81 bits per heavy atom. The van der Waals surface area contributed by atoms with Crippen LogP contribution in [0.3, 0.4) is 0 Å². The molecular formula is C24H24BrN3O2S. The summed E-state index contributed by atoms with van der Waals surface area (Å²) in [5.74, 6) is 0.801. The fourth-order valence-electron chi connectivity index (χ4n) is 3.60. The summed E-state index contributed by atoms with van der Waals surface area (Å²) in [4.78, 5) is 20.8. The number of hydrogen-bond donors (Lipinski definition) is 1. The fraction of sp³-hybridized carbons (Fsp3) is 0.250. The van der Waals surface area contributed by atoms with Gasteiger partial charge in [-0.15, -0.1) is 0 Å². The number of pyridine rings is 1. The zero-order chi connectivity index (χ0) is 21.6. The minimum Gasteiger partial charge on any atom is -0.497 e. The number of methoxy groups -OCH3 is 1. The molecule has 0 saturated carbocycles. The molecule has 7 heteroatoms. The standard InChI is InChI=1S/C24H24BrN3O2S/c1-30-20-8-6-19(7-9-20)28-15-12-18(13-16-28)27-23(29)22-3-2-14-26-24(22)31-21-10-4-17(25)5-11-21/h2-11,14,18H,12-13,15-16H2,1H3,(H,27,29). The molecule has 0 aliphatic carbocycles. The highest BCUT2D eigenvalue weighted by molar-refractivity contribution is 9.10. The van der Waals surface area contributed by atoms with E-state index in [1.165, 1.54) is 17.4 Å². The van der Waals surface area contributed by atoms with Crippen molar-refractivity contribution < 1.29 is 9.53 Å². The summed E-state index contributed by atoms with van der Waals surface area (Å²) in [7, 11) is 1.67. The van der Waals surface area contributed by atoms with Crippen LogP contribution in [0.4, 0.5) is 5.69 Å². The summed E-state index contributed by atoms with van der Waals surface area (Å²) in [5, 5.41) is 3.93. The van der Waals surface area contributed by atoms with Gasteiger partial charge in [0.05, 0.1) is 12.7 Å². The zero-order valence-electron chi connectivity index (χ0n) is 17.3. The first-order valence-electron chi connectivity index (χ1n) is 10.2. The third-order valence-electron chi connectivity index (χ3n) is 5.31. The number of ether oxygens (including phenoxy) is 1. The van der Waals surface area contributed by atoms with Crippen LogP contribution >= 0.6 is 27.7 Å². The van der Waals surface area contributed by atoms with Gasteiger partial charge in [-0.25, -0.2) is 4.98 Å². The quantitative estimate of drug-likeness (QED) is 0.493. The molecule has 1 amide bonds. The Balaban J connectivity index is 1.36. The van der Waals surface area contributed by atoms with E-state index >= 15 is 0 Å². The Morgan fingerprint density at radius 1 is 1.10 bits per heavy atom. The van der Waals surface area contributed by atoms with E-state index in [0.717, 1.165) is 46.1 Å². The van der Waals surface area contributed by atoms with Crippen molar-refractivity contribution in [2.75, 3.05) is 25.1 Å². The van der Waals surface area contributed by atoms with Crippen LogP contribution in [-0.2, 0) is 0 Å². The number of anilines is 1. The maximum absolute atomic E-state index is 13.0. The van der Waals surface area contributed by atoms with Crippen LogP contribution in [0.2, 0.25) is 0 Å². The lowest BCUT2D eigenvalue weighted by atomic mass is 10.0. The highest BCUT2D eigenvalue weighted by atomic mass is 79.9. The van der Waals surface area contributed by atoms with E-state index in [0.29, 0.717) is 5.56 Å². The summed E-state index contributed by atoms with van der Waals surface area (Å²) in [6.07, 6.45) is 3.55. The van der Waals surface area contributed by atoms with Crippen LogP contribution in [0.25, 0.3) is 0 Å². The molecule has 1 N–H and O–H groups in total. The molecule has 0 spiro atoms. The molecule has 0 atom stereocenters. The number of amides is 1. The molecule has 2 heterocycles. The first-order chi connectivity index (χ1) is 15.1. The number of hydrogen-bond acceptors (Lipinski definition) is 5. The molecule has 4 rings (SSSR count). The first kappa shape index (κ1) is 21.7. The van der Waals surface area contributed by atoms with E-state index in [9.17, 15) is 4.79 Å². The number of carbonyl (C=O) groups excluding carboxylic acids is 1. The van der Waals surface area contributed by atoms with E-state index in [2.05, 4.69) is 43.3 Å². The lowest BCUT2D eigenvalue weighted by Gasteiger charge is -2.34. The number of halogens is 1. The minimum atomic E-state index is -0.0596. The molecule has 3 aromatic rings.